The number of amides is 1. The summed E-state index contributed by atoms with van der Waals surface area (Å²) < 4.78 is 5.15. The minimum absolute atomic E-state index is 0.131. The zero-order valence-corrected chi connectivity index (χ0v) is 15.9. The van der Waals surface area contributed by atoms with Crippen LogP contribution in [0.5, 0.6) is 5.75 Å². The molecule has 0 spiro atoms. The summed E-state index contributed by atoms with van der Waals surface area (Å²) in [4.78, 5) is 19.2. The lowest BCUT2D eigenvalue weighted by molar-refractivity contribution is 0.0950. The lowest BCUT2D eigenvalue weighted by Crippen LogP contribution is -2.26. The lowest BCUT2D eigenvalue weighted by atomic mass is 10.0. The summed E-state index contributed by atoms with van der Waals surface area (Å²) in [6.45, 7) is 1.40. The smallest absolute Gasteiger partial charge is 0.253 e. The van der Waals surface area contributed by atoms with E-state index in [0.29, 0.717) is 12.1 Å². The Balaban J connectivity index is 1.42. The molecule has 1 aliphatic rings. The van der Waals surface area contributed by atoms with Crippen LogP contribution in [0.25, 0.3) is 0 Å². The molecule has 0 atom stereocenters. The number of pyridine rings is 1. The van der Waals surface area contributed by atoms with Crippen molar-refractivity contribution in [2.75, 3.05) is 18.6 Å². The van der Waals surface area contributed by atoms with Crippen molar-refractivity contribution < 1.29 is 9.53 Å². The van der Waals surface area contributed by atoms with Gasteiger partial charge in [-0.05, 0) is 54.3 Å². The number of nitrogens with zero attached hydrogens (tertiary/aromatic N) is 2. The van der Waals surface area contributed by atoms with Crippen molar-refractivity contribution in [3.8, 4) is 5.75 Å². The third kappa shape index (κ3) is 3.83. The third-order valence-electron chi connectivity index (χ3n) is 5.01. The summed E-state index contributed by atoms with van der Waals surface area (Å²) >= 11 is 0. The highest BCUT2D eigenvalue weighted by Gasteiger charge is 2.18. The van der Waals surface area contributed by atoms with Crippen LogP contribution in [0.2, 0.25) is 0 Å². The minimum Gasteiger partial charge on any atom is -0.497 e. The molecule has 5 heteroatoms. The number of hydrogen-bond donors (Lipinski definition) is 1. The predicted molar refractivity (Wildman–Crippen MR) is 110 cm³/mol. The van der Waals surface area contributed by atoms with E-state index in [9.17, 15) is 4.79 Å². The first-order chi connectivity index (χ1) is 13.7. The highest BCUT2D eigenvalue weighted by molar-refractivity contribution is 5.94. The second-order valence-corrected chi connectivity index (χ2v) is 6.82. The Morgan fingerprint density at radius 3 is 2.68 bits per heavy atom. The summed E-state index contributed by atoms with van der Waals surface area (Å²) in [5, 5.41) is 2.93. The molecule has 0 saturated carbocycles. The van der Waals surface area contributed by atoms with Crippen molar-refractivity contribution >= 4 is 17.4 Å². The summed E-state index contributed by atoms with van der Waals surface area (Å²) in [7, 11) is 1.63. The van der Waals surface area contributed by atoms with Crippen LogP contribution < -0.4 is 15.0 Å². The monoisotopic (exact) mass is 373 g/mol. The van der Waals surface area contributed by atoms with E-state index in [1.165, 1.54) is 11.3 Å². The number of para-hydroxylation sites is 1. The molecule has 142 valence electrons. The van der Waals surface area contributed by atoms with E-state index in [1.54, 1.807) is 13.3 Å². The van der Waals surface area contributed by atoms with Gasteiger partial charge >= 0.3 is 0 Å². The number of aromatic nitrogens is 1. The Bertz CT molecular complexity index is 952. The molecule has 0 fully saturated rings. The summed E-state index contributed by atoms with van der Waals surface area (Å²) in [6, 6.07) is 19.8. The van der Waals surface area contributed by atoms with E-state index in [0.717, 1.165) is 36.5 Å². The van der Waals surface area contributed by atoms with E-state index in [4.69, 9.17) is 4.74 Å². The molecule has 1 amide bonds. The molecule has 28 heavy (non-hydrogen) atoms. The van der Waals surface area contributed by atoms with E-state index in [2.05, 4.69) is 39.5 Å². The van der Waals surface area contributed by atoms with Crippen LogP contribution >= 0.6 is 0 Å². The van der Waals surface area contributed by atoms with Crippen LogP contribution in [-0.2, 0) is 13.0 Å². The van der Waals surface area contributed by atoms with Crippen LogP contribution in [0.4, 0.5) is 11.5 Å². The second-order valence-electron chi connectivity index (χ2n) is 6.82. The normalized spacial score (nSPS) is 13.0. The van der Waals surface area contributed by atoms with Gasteiger partial charge in [0.2, 0.25) is 0 Å². The maximum absolute atomic E-state index is 12.4. The summed E-state index contributed by atoms with van der Waals surface area (Å²) in [5.41, 5.74) is 4.13. The number of ether oxygens (including phenoxy) is 1. The molecule has 0 unspecified atom stereocenters. The average Bonchev–Trinajstić information content (AvgIpc) is 2.77. The maximum atomic E-state index is 12.4. The molecule has 2 heterocycles. The molecule has 0 radical (unpaired) electrons. The Morgan fingerprint density at radius 1 is 1.11 bits per heavy atom. The molecule has 4 rings (SSSR count). The first-order valence-corrected chi connectivity index (χ1v) is 9.47. The van der Waals surface area contributed by atoms with Crippen molar-refractivity contribution in [2.45, 2.75) is 19.4 Å². The zero-order valence-electron chi connectivity index (χ0n) is 15.9. The molecule has 3 aromatic rings. The topological polar surface area (TPSA) is 54.5 Å². The Morgan fingerprint density at radius 2 is 1.93 bits per heavy atom. The van der Waals surface area contributed by atoms with Gasteiger partial charge in [0.15, 0.2) is 0 Å². The first-order valence-electron chi connectivity index (χ1n) is 9.47. The average molecular weight is 373 g/mol. The van der Waals surface area contributed by atoms with E-state index >= 15 is 0 Å². The van der Waals surface area contributed by atoms with Gasteiger partial charge in [-0.3, -0.25) is 4.79 Å². The number of carbonyl (C=O) groups excluding carboxylic acids is 1. The lowest BCUT2D eigenvalue weighted by Gasteiger charge is -2.30. The molecule has 0 bridgehead atoms. The fraction of sp³-hybridized carbons (Fsp3) is 0.217. The van der Waals surface area contributed by atoms with Crippen molar-refractivity contribution in [1.82, 2.24) is 10.3 Å². The van der Waals surface area contributed by atoms with Crippen molar-refractivity contribution in [3.63, 3.8) is 0 Å². The third-order valence-corrected chi connectivity index (χ3v) is 5.01. The van der Waals surface area contributed by atoms with Crippen LogP contribution in [0.3, 0.4) is 0 Å². The first kappa shape index (κ1) is 18.0. The van der Waals surface area contributed by atoms with Crippen molar-refractivity contribution in [3.05, 3.63) is 83.6 Å². The molecule has 2 aromatic carbocycles. The van der Waals surface area contributed by atoms with Gasteiger partial charge in [0.25, 0.3) is 5.91 Å². The summed E-state index contributed by atoms with van der Waals surface area (Å²) in [5.74, 6) is 1.54. The van der Waals surface area contributed by atoms with E-state index in [1.807, 2.05) is 36.4 Å². The molecule has 1 aliphatic heterocycles. The maximum Gasteiger partial charge on any atom is 0.253 e. The standard InChI is InChI=1S/C23H23N3O2/c1-28-20-11-8-17(9-12-20)15-25-23(27)19-10-13-22(24-16-19)26-14-4-6-18-5-2-3-7-21(18)26/h2-3,5,7-13,16H,4,6,14-15H2,1H3,(H,25,27). The number of anilines is 2. The van der Waals surface area contributed by atoms with Gasteiger partial charge in [0.05, 0.1) is 12.7 Å². The van der Waals surface area contributed by atoms with Crippen LogP contribution in [0, 0.1) is 0 Å². The second kappa shape index (κ2) is 8.13. The molecular formula is C23H23N3O2. The van der Waals surface area contributed by atoms with Crippen LogP contribution in [0.1, 0.15) is 27.9 Å². The molecule has 0 saturated heterocycles. The van der Waals surface area contributed by atoms with Gasteiger partial charge < -0.3 is 15.0 Å². The highest BCUT2D eigenvalue weighted by atomic mass is 16.5. The fourth-order valence-electron chi connectivity index (χ4n) is 3.48. The van der Waals surface area contributed by atoms with E-state index < -0.39 is 0 Å². The number of aryl methyl sites for hydroxylation is 1. The van der Waals surface area contributed by atoms with Crippen LogP contribution in [0.15, 0.2) is 66.9 Å². The number of carbonyl (C=O) groups is 1. The van der Waals surface area contributed by atoms with Gasteiger partial charge in [-0.25, -0.2) is 4.98 Å². The number of nitrogens with one attached hydrogen (secondary N) is 1. The number of methoxy groups -OCH3 is 1. The van der Waals surface area contributed by atoms with E-state index in [-0.39, 0.29) is 5.91 Å². The fourth-order valence-corrected chi connectivity index (χ4v) is 3.48. The highest BCUT2D eigenvalue weighted by Crippen LogP contribution is 2.32. The molecule has 1 N–H and O–H groups in total. The van der Waals surface area contributed by atoms with Crippen molar-refractivity contribution in [2.24, 2.45) is 0 Å². The quantitative estimate of drug-likeness (QED) is 0.731. The Kier molecular flexibility index (Phi) is 5.24. The zero-order chi connectivity index (χ0) is 19.3. The van der Waals surface area contributed by atoms with Crippen molar-refractivity contribution in [1.29, 1.82) is 0 Å². The molecular weight excluding hydrogens is 350 g/mol. The number of fused-ring (bicyclic) bond motifs is 1. The molecule has 0 aliphatic carbocycles. The van der Waals surface area contributed by atoms with Crippen LogP contribution in [-0.4, -0.2) is 24.5 Å². The van der Waals surface area contributed by atoms with Gasteiger partial charge in [-0.15, -0.1) is 0 Å². The number of rotatable bonds is 5. The number of benzene rings is 2. The van der Waals surface area contributed by atoms with Gasteiger partial charge in [0.1, 0.15) is 11.6 Å². The Labute approximate surface area is 165 Å². The molecule has 1 aromatic heterocycles. The minimum atomic E-state index is -0.131. The number of hydrogen-bond acceptors (Lipinski definition) is 4. The van der Waals surface area contributed by atoms with Gasteiger partial charge in [0, 0.05) is 25.0 Å². The SMILES string of the molecule is COc1ccc(CNC(=O)c2ccc(N3CCCc4ccccc43)nc2)cc1. The predicted octanol–water partition coefficient (Wildman–Crippen LogP) is 4.10. The van der Waals surface area contributed by atoms with Gasteiger partial charge in [-0.2, -0.15) is 0 Å². The Hall–Kier alpha value is -3.34. The largest absolute Gasteiger partial charge is 0.497 e. The van der Waals surface area contributed by atoms with Gasteiger partial charge in [-0.1, -0.05) is 30.3 Å². The molecule has 5 nitrogen and oxygen atoms in total. The summed E-state index contributed by atoms with van der Waals surface area (Å²) in [6.07, 6.45) is 3.84.